The standard InChI is InChI=1S/C14H13Cl2N3/c1-19(2)14-17-8-10(9-18-14)6-7-11-12(15)4-3-5-13(11)16/h3-9H,1-2H3/b7-6+. The van der Waals surface area contributed by atoms with Gasteiger partial charge in [-0.1, -0.05) is 41.4 Å². The van der Waals surface area contributed by atoms with Gasteiger partial charge in [-0.15, -0.1) is 0 Å². The molecule has 0 fully saturated rings. The molecule has 98 valence electrons. The summed E-state index contributed by atoms with van der Waals surface area (Å²) in [5.41, 5.74) is 1.68. The highest BCUT2D eigenvalue weighted by Gasteiger charge is 2.01. The molecule has 0 atom stereocenters. The second-order valence-electron chi connectivity index (χ2n) is 4.18. The first-order chi connectivity index (χ1) is 9.08. The number of rotatable bonds is 3. The lowest BCUT2D eigenvalue weighted by Crippen LogP contribution is -2.12. The minimum Gasteiger partial charge on any atom is -0.347 e. The molecule has 0 radical (unpaired) electrons. The van der Waals surface area contributed by atoms with Crippen molar-refractivity contribution in [2.75, 3.05) is 19.0 Å². The van der Waals surface area contributed by atoms with Crippen LogP contribution in [0, 0.1) is 0 Å². The quantitative estimate of drug-likeness (QED) is 0.856. The molecule has 1 aromatic carbocycles. The number of hydrogen-bond donors (Lipinski definition) is 0. The van der Waals surface area contributed by atoms with Crippen LogP contribution in [0.4, 0.5) is 5.95 Å². The van der Waals surface area contributed by atoms with Gasteiger partial charge in [-0.3, -0.25) is 0 Å². The van der Waals surface area contributed by atoms with Gasteiger partial charge in [0.15, 0.2) is 0 Å². The highest BCUT2D eigenvalue weighted by molar-refractivity contribution is 6.37. The summed E-state index contributed by atoms with van der Waals surface area (Å²) in [5, 5.41) is 1.24. The minimum atomic E-state index is 0.620. The first-order valence-electron chi connectivity index (χ1n) is 5.69. The van der Waals surface area contributed by atoms with Gasteiger partial charge in [-0.25, -0.2) is 9.97 Å². The largest absolute Gasteiger partial charge is 0.347 e. The molecule has 0 aliphatic heterocycles. The lowest BCUT2D eigenvalue weighted by atomic mass is 10.2. The van der Waals surface area contributed by atoms with Gasteiger partial charge in [-0.05, 0) is 12.1 Å². The van der Waals surface area contributed by atoms with E-state index in [9.17, 15) is 0 Å². The number of halogens is 2. The van der Waals surface area contributed by atoms with Crippen molar-refractivity contribution >= 4 is 41.3 Å². The Kier molecular flexibility index (Phi) is 4.40. The second-order valence-corrected chi connectivity index (χ2v) is 4.99. The van der Waals surface area contributed by atoms with E-state index in [2.05, 4.69) is 9.97 Å². The maximum absolute atomic E-state index is 6.09. The van der Waals surface area contributed by atoms with E-state index >= 15 is 0 Å². The Hall–Kier alpha value is -1.58. The van der Waals surface area contributed by atoms with Gasteiger partial charge in [0.25, 0.3) is 0 Å². The van der Waals surface area contributed by atoms with E-state index in [1.807, 2.05) is 37.2 Å². The molecule has 5 heteroatoms. The van der Waals surface area contributed by atoms with Crippen LogP contribution in [0.15, 0.2) is 30.6 Å². The maximum atomic E-state index is 6.09. The van der Waals surface area contributed by atoms with E-state index < -0.39 is 0 Å². The molecule has 0 spiro atoms. The van der Waals surface area contributed by atoms with Crippen LogP contribution < -0.4 is 4.90 Å². The fourth-order valence-corrected chi connectivity index (χ4v) is 2.02. The van der Waals surface area contributed by atoms with Gasteiger partial charge in [0.1, 0.15) is 0 Å². The van der Waals surface area contributed by atoms with Crippen molar-refractivity contribution in [3.63, 3.8) is 0 Å². The molecular weight excluding hydrogens is 281 g/mol. The molecule has 0 saturated carbocycles. The van der Waals surface area contributed by atoms with Crippen LogP contribution in [0.2, 0.25) is 10.0 Å². The molecule has 2 aromatic rings. The second kappa shape index (κ2) is 6.04. The predicted molar refractivity (Wildman–Crippen MR) is 81.7 cm³/mol. The molecule has 19 heavy (non-hydrogen) atoms. The zero-order valence-corrected chi connectivity index (χ0v) is 12.2. The van der Waals surface area contributed by atoms with E-state index in [0.717, 1.165) is 11.1 Å². The Labute approximate surface area is 122 Å². The number of hydrogen-bond acceptors (Lipinski definition) is 3. The third-order valence-electron chi connectivity index (χ3n) is 2.50. The molecule has 3 nitrogen and oxygen atoms in total. The Balaban J connectivity index is 2.23. The molecule has 0 unspecified atom stereocenters. The highest BCUT2D eigenvalue weighted by Crippen LogP contribution is 2.26. The third-order valence-corrected chi connectivity index (χ3v) is 3.16. The van der Waals surface area contributed by atoms with Crippen molar-refractivity contribution < 1.29 is 0 Å². The normalized spacial score (nSPS) is 10.9. The summed E-state index contributed by atoms with van der Waals surface area (Å²) in [7, 11) is 3.79. The average molecular weight is 294 g/mol. The van der Waals surface area contributed by atoms with Crippen LogP contribution in [0.3, 0.4) is 0 Å². The minimum absolute atomic E-state index is 0.620. The van der Waals surface area contributed by atoms with Crippen LogP contribution in [-0.2, 0) is 0 Å². The van der Waals surface area contributed by atoms with E-state index in [1.165, 1.54) is 0 Å². The predicted octanol–water partition coefficient (Wildman–Crippen LogP) is 4.02. The molecule has 2 rings (SSSR count). The van der Waals surface area contributed by atoms with Crippen LogP contribution >= 0.6 is 23.2 Å². The van der Waals surface area contributed by atoms with E-state index in [1.54, 1.807) is 24.5 Å². The number of benzene rings is 1. The van der Waals surface area contributed by atoms with Crippen LogP contribution in [0.1, 0.15) is 11.1 Å². The first-order valence-corrected chi connectivity index (χ1v) is 6.45. The summed E-state index contributed by atoms with van der Waals surface area (Å²) < 4.78 is 0. The summed E-state index contributed by atoms with van der Waals surface area (Å²) >= 11 is 12.2. The van der Waals surface area contributed by atoms with Gasteiger partial charge in [0, 0.05) is 47.7 Å². The van der Waals surface area contributed by atoms with Crippen molar-refractivity contribution in [3.05, 3.63) is 51.8 Å². The summed E-state index contributed by atoms with van der Waals surface area (Å²) in [6.07, 6.45) is 7.25. The summed E-state index contributed by atoms with van der Waals surface area (Å²) in [6.45, 7) is 0. The summed E-state index contributed by atoms with van der Waals surface area (Å²) in [4.78, 5) is 10.3. The first kappa shape index (κ1) is 13.8. The molecule has 0 bridgehead atoms. The summed E-state index contributed by atoms with van der Waals surface area (Å²) in [6, 6.07) is 5.43. The topological polar surface area (TPSA) is 29.0 Å². The molecule has 0 saturated heterocycles. The Morgan fingerprint density at radius 2 is 1.58 bits per heavy atom. The Bertz CT molecular complexity index is 572. The molecule has 0 aliphatic rings. The average Bonchev–Trinajstić information content (AvgIpc) is 2.38. The smallest absolute Gasteiger partial charge is 0.224 e. The number of aromatic nitrogens is 2. The van der Waals surface area contributed by atoms with Crippen LogP contribution in [0.5, 0.6) is 0 Å². The van der Waals surface area contributed by atoms with Crippen LogP contribution in [-0.4, -0.2) is 24.1 Å². The van der Waals surface area contributed by atoms with Crippen molar-refractivity contribution in [1.82, 2.24) is 9.97 Å². The van der Waals surface area contributed by atoms with Gasteiger partial charge in [-0.2, -0.15) is 0 Å². The molecular formula is C14H13Cl2N3. The Morgan fingerprint density at radius 3 is 2.11 bits per heavy atom. The van der Waals surface area contributed by atoms with Crippen molar-refractivity contribution in [3.8, 4) is 0 Å². The fourth-order valence-electron chi connectivity index (χ4n) is 1.50. The van der Waals surface area contributed by atoms with E-state index in [0.29, 0.717) is 16.0 Å². The highest BCUT2D eigenvalue weighted by atomic mass is 35.5. The SMILES string of the molecule is CN(C)c1ncc(/C=C/c2c(Cl)cccc2Cl)cn1. The van der Waals surface area contributed by atoms with E-state index in [-0.39, 0.29) is 0 Å². The molecule has 0 amide bonds. The summed E-state index contributed by atoms with van der Waals surface area (Å²) in [5.74, 6) is 0.674. The van der Waals surface area contributed by atoms with Gasteiger partial charge in [0.2, 0.25) is 5.95 Å². The molecule has 0 N–H and O–H groups in total. The number of anilines is 1. The zero-order chi connectivity index (χ0) is 13.8. The third kappa shape index (κ3) is 3.46. The molecule has 1 aromatic heterocycles. The van der Waals surface area contributed by atoms with Crippen LogP contribution in [0.25, 0.3) is 12.2 Å². The van der Waals surface area contributed by atoms with Crippen molar-refractivity contribution in [1.29, 1.82) is 0 Å². The maximum Gasteiger partial charge on any atom is 0.224 e. The molecule has 0 aliphatic carbocycles. The lowest BCUT2D eigenvalue weighted by Gasteiger charge is -2.08. The Morgan fingerprint density at radius 1 is 1.00 bits per heavy atom. The van der Waals surface area contributed by atoms with Gasteiger partial charge in [0.05, 0.1) is 0 Å². The van der Waals surface area contributed by atoms with Crippen molar-refractivity contribution in [2.45, 2.75) is 0 Å². The fraction of sp³-hybridized carbons (Fsp3) is 0.143. The lowest BCUT2D eigenvalue weighted by molar-refractivity contribution is 0.996. The zero-order valence-electron chi connectivity index (χ0n) is 10.6. The van der Waals surface area contributed by atoms with Gasteiger partial charge >= 0.3 is 0 Å². The number of nitrogens with zero attached hydrogens (tertiary/aromatic N) is 3. The van der Waals surface area contributed by atoms with Gasteiger partial charge < -0.3 is 4.90 Å². The van der Waals surface area contributed by atoms with E-state index in [4.69, 9.17) is 23.2 Å². The van der Waals surface area contributed by atoms with Crippen molar-refractivity contribution in [2.24, 2.45) is 0 Å². The monoisotopic (exact) mass is 293 g/mol. The molecule has 1 heterocycles.